The summed E-state index contributed by atoms with van der Waals surface area (Å²) in [5, 5.41) is 13.0. The minimum atomic E-state index is -0.584. The normalized spacial score (nSPS) is 19.5. The third kappa shape index (κ3) is 5.15. The van der Waals surface area contributed by atoms with Gasteiger partial charge in [-0.15, -0.1) is 11.3 Å². The van der Waals surface area contributed by atoms with Gasteiger partial charge >= 0.3 is 12.1 Å². The SMILES string of the molecule is COC(=O)C1CCCN1C(=O)OCC1CCc2c(sc(NC(=O)/C=C/c3ccoc3)c2C#N)C1. The van der Waals surface area contributed by atoms with Crippen molar-refractivity contribution < 1.29 is 28.3 Å². The zero-order valence-electron chi connectivity index (χ0n) is 18.7. The molecule has 3 heterocycles. The second-order valence-corrected chi connectivity index (χ2v) is 9.36. The molecule has 1 saturated heterocycles. The van der Waals surface area contributed by atoms with Gasteiger partial charge in [-0.05, 0) is 55.7 Å². The number of likely N-dealkylation sites (tertiary alicyclic amines) is 1. The van der Waals surface area contributed by atoms with E-state index in [1.807, 2.05) is 0 Å². The van der Waals surface area contributed by atoms with Gasteiger partial charge in [0.2, 0.25) is 5.91 Å². The fourth-order valence-electron chi connectivity index (χ4n) is 4.34. The minimum absolute atomic E-state index is 0.102. The van der Waals surface area contributed by atoms with E-state index in [1.165, 1.54) is 41.9 Å². The van der Waals surface area contributed by atoms with Gasteiger partial charge in [0.05, 0.1) is 31.8 Å². The number of fused-ring (bicyclic) bond motifs is 1. The number of carbonyl (C=O) groups is 3. The first-order valence-electron chi connectivity index (χ1n) is 11.1. The summed E-state index contributed by atoms with van der Waals surface area (Å²) in [6.07, 6.45) is 8.98. The predicted octanol–water partition coefficient (Wildman–Crippen LogP) is 3.74. The second kappa shape index (κ2) is 10.6. The molecule has 0 aromatic carbocycles. The number of anilines is 1. The Labute approximate surface area is 200 Å². The molecule has 0 bridgehead atoms. The number of furan rings is 1. The molecule has 2 aromatic rings. The molecule has 2 unspecified atom stereocenters. The van der Waals surface area contributed by atoms with Gasteiger partial charge in [0, 0.05) is 23.1 Å². The summed E-state index contributed by atoms with van der Waals surface area (Å²) >= 11 is 1.39. The van der Waals surface area contributed by atoms with E-state index >= 15 is 0 Å². The van der Waals surface area contributed by atoms with Crippen LogP contribution in [0.2, 0.25) is 0 Å². The maximum absolute atomic E-state index is 12.5. The summed E-state index contributed by atoms with van der Waals surface area (Å²) < 4.78 is 15.3. The molecule has 0 spiro atoms. The number of hydrogen-bond acceptors (Lipinski definition) is 8. The van der Waals surface area contributed by atoms with Crippen molar-refractivity contribution in [3.05, 3.63) is 46.2 Å². The number of carbonyl (C=O) groups excluding carboxylic acids is 3. The number of hydrogen-bond donors (Lipinski definition) is 1. The number of rotatable bonds is 6. The van der Waals surface area contributed by atoms with Crippen LogP contribution < -0.4 is 5.32 Å². The number of nitrogens with zero attached hydrogens (tertiary/aromatic N) is 2. The molecule has 34 heavy (non-hydrogen) atoms. The lowest BCUT2D eigenvalue weighted by atomic mass is 9.88. The van der Waals surface area contributed by atoms with Crippen molar-refractivity contribution in [2.45, 2.75) is 38.1 Å². The number of nitriles is 1. The largest absolute Gasteiger partial charge is 0.472 e. The van der Waals surface area contributed by atoms with Crippen LogP contribution in [0.25, 0.3) is 6.08 Å². The van der Waals surface area contributed by atoms with Crippen LogP contribution in [-0.4, -0.2) is 49.2 Å². The molecular weight excluding hydrogens is 458 g/mol. The van der Waals surface area contributed by atoms with Crippen molar-refractivity contribution in [2.75, 3.05) is 25.6 Å². The average molecular weight is 484 g/mol. The Hall–Kier alpha value is -3.58. The lowest BCUT2D eigenvalue weighted by molar-refractivity contribution is -0.145. The van der Waals surface area contributed by atoms with Gasteiger partial charge in [-0.1, -0.05) is 0 Å². The molecule has 2 aliphatic rings. The highest BCUT2D eigenvalue weighted by Gasteiger charge is 2.36. The van der Waals surface area contributed by atoms with Gasteiger partial charge in [0.1, 0.15) is 17.1 Å². The molecule has 0 radical (unpaired) electrons. The number of esters is 1. The van der Waals surface area contributed by atoms with Crippen LogP contribution in [0.5, 0.6) is 0 Å². The maximum Gasteiger partial charge on any atom is 0.410 e. The van der Waals surface area contributed by atoms with Crippen molar-refractivity contribution in [2.24, 2.45) is 5.92 Å². The van der Waals surface area contributed by atoms with Gasteiger partial charge in [-0.3, -0.25) is 9.69 Å². The molecule has 178 valence electrons. The zero-order chi connectivity index (χ0) is 24.1. The second-order valence-electron chi connectivity index (χ2n) is 8.26. The third-order valence-electron chi connectivity index (χ3n) is 6.09. The van der Waals surface area contributed by atoms with Crippen LogP contribution in [-0.2, 0) is 31.9 Å². The van der Waals surface area contributed by atoms with Crippen LogP contribution in [0, 0.1) is 17.2 Å². The Balaban J connectivity index is 1.35. The van der Waals surface area contributed by atoms with Crippen LogP contribution in [0.3, 0.4) is 0 Å². The molecule has 1 aliphatic carbocycles. The van der Waals surface area contributed by atoms with E-state index in [9.17, 15) is 19.6 Å². The van der Waals surface area contributed by atoms with E-state index in [-0.39, 0.29) is 18.4 Å². The lowest BCUT2D eigenvalue weighted by Crippen LogP contribution is -2.42. The van der Waals surface area contributed by atoms with Crippen LogP contribution in [0.4, 0.5) is 9.80 Å². The summed E-state index contributed by atoms with van der Waals surface area (Å²) in [6, 6.07) is 3.38. The fraction of sp³-hybridized carbons (Fsp3) is 0.417. The number of amides is 2. The summed E-state index contributed by atoms with van der Waals surface area (Å²) in [6.45, 7) is 0.708. The highest BCUT2D eigenvalue weighted by Crippen LogP contribution is 2.39. The van der Waals surface area contributed by atoms with Gasteiger partial charge in [-0.2, -0.15) is 5.26 Å². The molecule has 2 amide bonds. The van der Waals surface area contributed by atoms with E-state index < -0.39 is 18.1 Å². The van der Waals surface area contributed by atoms with Crippen LogP contribution in [0.15, 0.2) is 29.1 Å². The van der Waals surface area contributed by atoms with Crippen LogP contribution in [0.1, 0.15) is 40.8 Å². The lowest BCUT2D eigenvalue weighted by Gasteiger charge is -2.25. The topological polar surface area (TPSA) is 122 Å². The number of ether oxygens (including phenoxy) is 2. The Bertz CT molecular complexity index is 1130. The number of thiophene rings is 1. The molecule has 1 N–H and O–H groups in total. The van der Waals surface area contributed by atoms with Crippen LogP contribution >= 0.6 is 11.3 Å². The molecule has 1 aliphatic heterocycles. The van der Waals surface area contributed by atoms with Crippen molar-refractivity contribution in [3.8, 4) is 6.07 Å². The standard InChI is InChI=1S/C24H25N3O6S/c1-31-23(29)19-3-2-9-27(19)24(30)33-14-16-4-6-17-18(12-25)22(34-20(17)11-16)26-21(28)7-5-15-8-10-32-13-15/h5,7-8,10,13,16,19H,2-4,6,9,11,14H2,1H3,(H,26,28)/b7-5+. The monoisotopic (exact) mass is 483 g/mol. The summed E-state index contributed by atoms with van der Waals surface area (Å²) in [7, 11) is 1.31. The first-order chi connectivity index (χ1) is 16.5. The quantitative estimate of drug-likeness (QED) is 0.490. The molecule has 10 heteroatoms. The fourth-order valence-corrected chi connectivity index (χ4v) is 5.65. The molecule has 2 aromatic heterocycles. The summed E-state index contributed by atoms with van der Waals surface area (Å²) in [5.74, 6) is -0.647. The van der Waals surface area contributed by atoms with Gasteiger partial charge in [0.15, 0.2) is 0 Å². The van der Waals surface area contributed by atoms with Crippen molar-refractivity contribution in [1.29, 1.82) is 5.26 Å². The number of nitrogens with one attached hydrogen (secondary N) is 1. The Morgan fingerprint density at radius 2 is 2.24 bits per heavy atom. The smallest absolute Gasteiger partial charge is 0.410 e. The van der Waals surface area contributed by atoms with Gasteiger partial charge < -0.3 is 19.2 Å². The Morgan fingerprint density at radius 3 is 2.97 bits per heavy atom. The average Bonchev–Trinajstić information content (AvgIpc) is 3.60. The maximum atomic E-state index is 12.5. The molecule has 1 fully saturated rings. The van der Waals surface area contributed by atoms with Crippen molar-refractivity contribution >= 4 is 40.4 Å². The van der Waals surface area contributed by atoms with Gasteiger partial charge in [0.25, 0.3) is 0 Å². The summed E-state index contributed by atoms with van der Waals surface area (Å²) in [5.41, 5.74) is 2.22. The van der Waals surface area contributed by atoms with Gasteiger partial charge in [-0.25, -0.2) is 9.59 Å². The molecule has 2 atom stereocenters. The van der Waals surface area contributed by atoms with E-state index in [2.05, 4.69) is 11.4 Å². The highest BCUT2D eigenvalue weighted by molar-refractivity contribution is 7.16. The predicted molar refractivity (Wildman–Crippen MR) is 124 cm³/mol. The molecule has 4 rings (SSSR count). The van der Waals surface area contributed by atoms with E-state index in [1.54, 1.807) is 12.1 Å². The van der Waals surface area contributed by atoms with Crippen molar-refractivity contribution in [3.63, 3.8) is 0 Å². The molecule has 9 nitrogen and oxygen atoms in total. The molecular formula is C24H25N3O6S. The Morgan fingerprint density at radius 1 is 1.38 bits per heavy atom. The first-order valence-corrected chi connectivity index (χ1v) is 11.9. The van der Waals surface area contributed by atoms with E-state index in [0.29, 0.717) is 36.4 Å². The number of methoxy groups -OCH3 is 1. The third-order valence-corrected chi connectivity index (χ3v) is 7.26. The van der Waals surface area contributed by atoms with Crippen molar-refractivity contribution in [1.82, 2.24) is 4.90 Å². The minimum Gasteiger partial charge on any atom is -0.472 e. The zero-order valence-corrected chi connectivity index (χ0v) is 19.6. The van der Waals surface area contributed by atoms with E-state index in [0.717, 1.165) is 28.8 Å². The first kappa shape index (κ1) is 23.6. The Kier molecular flexibility index (Phi) is 7.33. The summed E-state index contributed by atoms with van der Waals surface area (Å²) in [4.78, 5) is 39.2. The molecule has 0 saturated carbocycles. The highest BCUT2D eigenvalue weighted by atomic mass is 32.1. The van der Waals surface area contributed by atoms with E-state index in [4.69, 9.17) is 13.9 Å².